The molecule has 190 valence electrons. The monoisotopic (exact) mass is 492 g/mol. The number of ether oxygens (including phenoxy) is 1. The Labute approximate surface area is 210 Å². The second-order valence-electron chi connectivity index (χ2n) is 11.8. The molecule has 4 saturated carbocycles. The minimum absolute atomic E-state index is 0.0592. The lowest BCUT2D eigenvalue weighted by molar-refractivity contribution is -0.151. The van der Waals surface area contributed by atoms with E-state index >= 15 is 0 Å². The summed E-state index contributed by atoms with van der Waals surface area (Å²) >= 11 is 0. The molecular formula is C28H33FN4O3. The van der Waals surface area contributed by atoms with Crippen molar-refractivity contribution in [1.29, 1.82) is 5.26 Å². The van der Waals surface area contributed by atoms with Crippen molar-refractivity contribution in [3.63, 3.8) is 0 Å². The Kier molecular flexibility index (Phi) is 5.93. The van der Waals surface area contributed by atoms with Crippen LogP contribution in [0.2, 0.25) is 0 Å². The maximum absolute atomic E-state index is 13.9. The third-order valence-electron chi connectivity index (χ3n) is 8.44. The Morgan fingerprint density at radius 1 is 1.22 bits per heavy atom. The highest BCUT2D eigenvalue weighted by atomic mass is 19.1. The molecule has 8 heteroatoms. The standard InChI is InChI=1S/C28H33FN4O3/c1-17(25(35)33-28-14-27(15-28,16-28)32-24(34)6-8-30)10-19-13-26(3,12-18(19)2)36-23-7-9-31-22-5-4-20(29)11-21(22)23/h4-5,7,9,11,17-19H,6,10,12-16H2,1-3H3,(H,32,34)(H,33,35)/t17?,18-,19+,26-,27?,28?/m1/s1. The van der Waals surface area contributed by atoms with Gasteiger partial charge in [-0.2, -0.15) is 5.26 Å². The van der Waals surface area contributed by atoms with Crippen LogP contribution in [0, 0.1) is 34.9 Å². The van der Waals surface area contributed by atoms with Crippen molar-refractivity contribution in [3.05, 3.63) is 36.3 Å². The molecule has 0 aliphatic heterocycles. The second-order valence-corrected chi connectivity index (χ2v) is 11.8. The Morgan fingerprint density at radius 3 is 2.67 bits per heavy atom. The fourth-order valence-corrected chi connectivity index (χ4v) is 6.94. The van der Waals surface area contributed by atoms with E-state index in [-0.39, 0.29) is 41.0 Å². The number of benzene rings is 1. The van der Waals surface area contributed by atoms with Crippen molar-refractivity contribution in [2.75, 3.05) is 0 Å². The molecule has 2 amide bonds. The van der Waals surface area contributed by atoms with Crippen LogP contribution >= 0.6 is 0 Å². The minimum atomic E-state index is -0.400. The molecule has 1 aromatic heterocycles. The van der Waals surface area contributed by atoms with Crippen LogP contribution in [0.3, 0.4) is 0 Å². The van der Waals surface area contributed by atoms with E-state index < -0.39 is 5.60 Å². The Bertz CT molecular complexity index is 1240. The summed E-state index contributed by atoms with van der Waals surface area (Å²) in [6.45, 7) is 6.29. The zero-order valence-electron chi connectivity index (χ0n) is 21.1. The summed E-state index contributed by atoms with van der Waals surface area (Å²) in [6.07, 6.45) is 6.23. The molecule has 1 unspecified atom stereocenters. The molecule has 1 aromatic carbocycles. The van der Waals surface area contributed by atoms with E-state index in [0.29, 0.717) is 28.5 Å². The van der Waals surface area contributed by atoms with Crippen LogP contribution in [-0.4, -0.2) is 33.5 Å². The number of hydrogen-bond donors (Lipinski definition) is 2. The lowest BCUT2D eigenvalue weighted by Crippen LogP contribution is -2.84. The highest BCUT2D eigenvalue weighted by Crippen LogP contribution is 2.60. The number of rotatable bonds is 8. The highest BCUT2D eigenvalue weighted by Gasteiger charge is 2.69. The van der Waals surface area contributed by atoms with Gasteiger partial charge in [0.05, 0.1) is 11.6 Å². The first-order valence-electron chi connectivity index (χ1n) is 12.8. The summed E-state index contributed by atoms with van der Waals surface area (Å²) in [7, 11) is 0. The third kappa shape index (κ3) is 4.52. The van der Waals surface area contributed by atoms with Crippen LogP contribution in [-0.2, 0) is 9.59 Å². The van der Waals surface area contributed by atoms with E-state index in [2.05, 4.69) is 29.5 Å². The summed E-state index contributed by atoms with van der Waals surface area (Å²) < 4.78 is 20.4. The number of carbonyl (C=O) groups is 2. The van der Waals surface area contributed by atoms with Crippen LogP contribution in [0.15, 0.2) is 30.5 Å². The molecule has 36 heavy (non-hydrogen) atoms. The van der Waals surface area contributed by atoms with Crippen molar-refractivity contribution in [2.45, 2.75) is 82.4 Å². The smallest absolute Gasteiger partial charge is 0.234 e. The summed E-state index contributed by atoms with van der Waals surface area (Å²) in [5.74, 6) is 0.741. The number of hydrogen-bond acceptors (Lipinski definition) is 5. The van der Waals surface area contributed by atoms with E-state index in [1.807, 2.05) is 13.0 Å². The number of amides is 2. The number of carbonyl (C=O) groups excluding carboxylic acids is 2. The summed E-state index contributed by atoms with van der Waals surface area (Å²) in [5.41, 5.74) is -0.140. The topological polar surface area (TPSA) is 104 Å². The van der Waals surface area contributed by atoms with Crippen LogP contribution in [0.1, 0.15) is 65.7 Å². The number of aromatic nitrogens is 1. The maximum Gasteiger partial charge on any atom is 0.234 e. The highest BCUT2D eigenvalue weighted by molar-refractivity contribution is 5.85. The van der Waals surface area contributed by atoms with Crippen LogP contribution in [0.5, 0.6) is 5.75 Å². The summed E-state index contributed by atoms with van der Waals surface area (Å²) in [5, 5.41) is 15.5. The first-order chi connectivity index (χ1) is 17.0. The van der Waals surface area contributed by atoms with E-state index in [1.54, 1.807) is 18.3 Å². The number of nitrogens with zero attached hydrogens (tertiary/aromatic N) is 2. The average molecular weight is 493 g/mol. The van der Waals surface area contributed by atoms with E-state index in [9.17, 15) is 14.0 Å². The lowest BCUT2D eigenvalue weighted by atomic mass is 9.44. The normalized spacial score (nSPS) is 33.1. The average Bonchev–Trinajstić information content (AvgIpc) is 3.04. The number of nitrogens with one attached hydrogen (secondary N) is 2. The van der Waals surface area contributed by atoms with Gasteiger partial charge in [-0.05, 0) is 81.5 Å². The number of pyridine rings is 1. The molecular weight excluding hydrogens is 459 g/mol. The zero-order chi connectivity index (χ0) is 25.7. The van der Waals surface area contributed by atoms with Gasteiger partial charge >= 0.3 is 0 Å². The van der Waals surface area contributed by atoms with Gasteiger partial charge in [0.15, 0.2) is 0 Å². The fourth-order valence-electron chi connectivity index (χ4n) is 6.94. The van der Waals surface area contributed by atoms with Crippen molar-refractivity contribution < 1.29 is 18.7 Å². The molecule has 4 aliphatic rings. The molecule has 7 nitrogen and oxygen atoms in total. The van der Waals surface area contributed by atoms with Gasteiger partial charge in [-0.15, -0.1) is 0 Å². The second kappa shape index (κ2) is 8.72. The van der Waals surface area contributed by atoms with Crippen molar-refractivity contribution in [1.82, 2.24) is 15.6 Å². The number of fused-ring (bicyclic) bond motifs is 1. The molecule has 4 fully saturated rings. The third-order valence-corrected chi connectivity index (χ3v) is 8.44. The first-order valence-corrected chi connectivity index (χ1v) is 12.8. The Morgan fingerprint density at radius 2 is 1.94 bits per heavy atom. The van der Waals surface area contributed by atoms with Crippen molar-refractivity contribution in [2.24, 2.45) is 17.8 Å². The van der Waals surface area contributed by atoms with Gasteiger partial charge in [-0.3, -0.25) is 14.6 Å². The molecule has 2 bridgehead atoms. The molecule has 0 radical (unpaired) electrons. The first kappa shape index (κ1) is 24.5. The van der Waals surface area contributed by atoms with E-state index in [4.69, 9.17) is 10.00 Å². The SMILES string of the molecule is CC(C[C@H]1C[C@](C)(Oc2ccnc3ccc(F)cc23)C[C@H]1C)C(=O)NC12CC(NC(=O)CC#N)(C1)C2. The van der Waals surface area contributed by atoms with E-state index in [1.165, 1.54) is 12.1 Å². The van der Waals surface area contributed by atoms with Gasteiger partial charge < -0.3 is 15.4 Å². The lowest BCUT2D eigenvalue weighted by Gasteiger charge is -2.70. The molecule has 6 rings (SSSR count). The van der Waals surface area contributed by atoms with Gasteiger partial charge in [-0.25, -0.2) is 4.39 Å². The maximum atomic E-state index is 13.9. The Balaban J connectivity index is 1.16. The van der Waals surface area contributed by atoms with Crippen LogP contribution < -0.4 is 15.4 Å². The molecule has 0 saturated heterocycles. The van der Waals surface area contributed by atoms with Gasteiger partial charge in [-0.1, -0.05) is 13.8 Å². The van der Waals surface area contributed by atoms with Gasteiger partial charge in [0.1, 0.15) is 23.6 Å². The van der Waals surface area contributed by atoms with Gasteiger partial charge in [0.25, 0.3) is 0 Å². The molecule has 0 spiro atoms. The van der Waals surface area contributed by atoms with Crippen LogP contribution in [0.4, 0.5) is 4.39 Å². The molecule has 1 heterocycles. The molecule has 2 aromatic rings. The summed E-state index contributed by atoms with van der Waals surface area (Å²) in [4.78, 5) is 29.1. The van der Waals surface area contributed by atoms with Gasteiger partial charge in [0, 0.05) is 28.6 Å². The quantitative estimate of drug-likeness (QED) is 0.568. The molecule has 4 atom stereocenters. The minimum Gasteiger partial charge on any atom is -0.487 e. The van der Waals surface area contributed by atoms with Crippen molar-refractivity contribution >= 4 is 22.7 Å². The van der Waals surface area contributed by atoms with Crippen molar-refractivity contribution in [3.8, 4) is 11.8 Å². The molecule has 2 N–H and O–H groups in total. The Hall–Kier alpha value is -3.21. The zero-order valence-corrected chi connectivity index (χ0v) is 21.1. The largest absolute Gasteiger partial charge is 0.487 e. The summed E-state index contributed by atoms with van der Waals surface area (Å²) in [6, 6.07) is 8.19. The number of nitriles is 1. The van der Waals surface area contributed by atoms with E-state index in [0.717, 1.165) is 38.5 Å². The fraction of sp³-hybridized carbons (Fsp3) is 0.571. The predicted octanol–water partition coefficient (Wildman–Crippen LogP) is 4.40. The van der Waals surface area contributed by atoms with Gasteiger partial charge in [0.2, 0.25) is 11.8 Å². The number of halogens is 1. The molecule has 4 aliphatic carbocycles. The van der Waals surface area contributed by atoms with Crippen LogP contribution in [0.25, 0.3) is 10.9 Å². The predicted molar refractivity (Wildman–Crippen MR) is 132 cm³/mol.